The Hall–Kier alpha value is -2.46. The highest BCUT2D eigenvalue weighted by Crippen LogP contribution is 2.38. The van der Waals surface area contributed by atoms with E-state index in [1.165, 1.54) is 17.7 Å². The summed E-state index contributed by atoms with van der Waals surface area (Å²) in [6.45, 7) is 0.910. The van der Waals surface area contributed by atoms with Gasteiger partial charge in [0.25, 0.3) is 0 Å². The minimum Gasteiger partial charge on any atom is -0.512 e. The van der Waals surface area contributed by atoms with Crippen molar-refractivity contribution in [2.24, 2.45) is 0 Å². The van der Waals surface area contributed by atoms with Gasteiger partial charge >= 0.3 is 0 Å². The molecule has 1 aliphatic heterocycles. The Morgan fingerprint density at radius 1 is 1.04 bits per heavy atom. The van der Waals surface area contributed by atoms with Gasteiger partial charge in [-0.05, 0) is 29.2 Å². The standard InChI is InChI=1S/C21H20FNO2/c22-16-7-5-13(6-8-16)15-11-18(24)20(19(25)12-15)21-17-4-2-1-3-14(17)9-10-23-21/h1-8,15,21,23-24H,9-12H2/p+1/t15-,21-/m0/s1. The lowest BCUT2D eigenvalue weighted by atomic mass is 9.78. The number of aliphatic hydroxyl groups excluding tert-OH is 1. The molecule has 2 aliphatic rings. The van der Waals surface area contributed by atoms with Gasteiger partial charge in [-0.2, -0.15) is 0 Å². The first kappa shape index (κ1) is 16.0. The predicted octanol–water partition coefficient (Wildman–Crippen LogP) is 2.95. The zero-order valence-electron chi connectivity index (χ0n) is 13.9. The zero-order valence-corrected chi connectivity index (χ0v) is 13.9. The molecular weight excluding hydrogens is 317 g/mol. The smallest absolute Gasteiger partial charge is 0.169 e. The molecule has 0 amide bonds. The van der Waals surface area contributed by atoms with Gasteiger partial charge in [0.2, 0.25) is 0 Å². The van der Waals surface area contributed by atoms with Crippen molar-refractivity contribution < 1.29 is 19.6 Å². The summed E-state index contributed by atoms with van der Waals surface area (Å²) in [5.41, 5.74) is 3.83. The molecule has 128 valence electrons. The number of benzene rings is 2. The van der Waals surface area contributed by atoms with Gasteiger partial charge in [-0.15, -0.1) is 0 Å². The quantitative estimate of drug-likeness (QED) is 0.885. The molecular formula is C21H21FNO2+. The molecule has 2 aromatic rings. The van der Waals surface area contributed by atoms with E-state index >= 15 is 0 Å². The fourth-order valence-electron chi connectivity index (χ4n) is 4.10. The first-order chi connectivity index (χ1) is 12.1. The number of carbonyl (C=O) groups is 1. The summed E-state index contributed by atoms with van der Waals surface area (Å²) in [5.74, 6) is -0.199. The van der Waals surface area contributed by atoms with Gasteiger partial charge in [0, 0.05) is 24.8 Å². The molecule has 0 unspecified atom stereocenters. The molecule has 0 spiro atoms. The van der Waals surface area contributed by atoms with Crippen molar-refractivity contribution in [1.29, 1.82) is 0 Å². The van der Waals surface area contributed by atoms with Crippen LogP contribution in [0.5, 0.6) is 0 Å². The van der Waals surface area contributed by atoms with Crippen LogP contribution in [0, 0.1) is 5.82 Å². The largest absolute Gasteiger partial charge is 0.512 e. The van der Waals surface area contributed by atoms with Gasteiger partial charge in [-0.1, -0.05) is 36.4 Å². The molecule has 1 heterocycles. The van der Waals surface area contributed by atoms with E-state index < -0.39 is 0 Å². The van der Waals surface area contributed by atoms with Gasteiger partial charge in [0.1, 0.15) is 17.6 Å². The van der Waals surface area contributed by atoms with E-state index in [-0.39, 0.29) is 29.3 Å². The minimum atomic E-state index is -0.292. The molecule has 25 heavy (non-hydrogen) atoms. The first-order valence-electron chi connectivity index (χ1n) is 8.75. The van der Waals surface area contributed by atoms with Crippen LogP contribution in [0.1, 0.15) is 41.5 Å². The number of nitrogens with two attached hydrogens (primary N) is 1. The van der Waals surface area contributed by atoms with Crippen molar-refractivity contribution in [2.75, 3.05) is 6.54 Å². The molecule has 0 aromatic heterocycles. The number of hydrogen-bond acceptors (Lipinski definition) is 2. The topological polar surface area (TPSA) is 53.9 Å². The lowest BCUT2D eigenvalue weighted by molar-refractivity contribution is -0.690. The maximum absolute atomic E-state index is 13.1. The molecule has 0 bridgehead atoms. The highest BCUT2D eigenvalue weighted by atomic mass is 19.1. The summed E-state index contributed by atoms with van der Waals surface area (Å²) in [5, 5.41) is 12.8. The van der Waals surface area contributed by atoms with Crippen LogP contribution in [0.2, 0.25) is 0 Å². The highest BCUT2D eigenvalue weighted by molar-refractivity contribution is 5.98. The number of ketones is 1. The van der Waals surface area contributed by atoms with Gasteiger partial charge in [-0.3, -0.25) is 4.79 Å². The first-order valence-corrected chi connectivity index (χ1v) is 8.75. The van der Waals surface area contributed by atoms with Crippen LogP contribution >= 0.6 is 0 Å². The minimum absolute atomic E-state index is 0.00368. The van der Waals surface area contributed by atoms with Crippen LogP contribution in [0.15, 0.2) is 59.9 Å². The summed E-state index contributed by atoms with van der Waals surface area (Å²) >= 11 is 0. The number of fused-ring (bicyclic) bond motifs is 1. The fourth-order valence-corrected chi connectivity index (χ4v) is 4.10. The van der Waals surface area contributed by atoms with Crippen LogP contribution in [-0.4, -0.2) is 17.4 Å². The Balaban J connectivity index is 1.66. The molecule has 4 rings (SSSR count). The van der Waals surface area contributed by atoms with Crippen LogP contribution in [0.25, 0.3) is 0 Å². The van der Waals surface area contributed by atoms with Crippen LogP contribution in [0.3, 0.4) is 0 Å². The summed E-state index contributed by atoms with van der Waals surface area (Å²) < 4.78 is 13.1. The maximum atomic E-state index is 13.1. The molecule has 3 nitrogen and oxygen atoms in total. The molecule has 0 fully saturated rings. The van der Waals surface area contributed by atoms with Crippen LogP contribution in [-0.2, 0) is 11.2 Å². The number of rotatable bonds is 2. The third kappa shape index (κ3) is 2.98. The average Bonchev–Trinajstić information content (AvgIpc) is 2.62. The second-order valence-electron chi connectivity index (χ2n) is 6.89. The van der Waals surface area contributed by atoms with Gasteiger partial charge in [-0.25, -0.2) is 4.39 Å². The van der Waals surface area contributed by atoms with Crippen LogP contribution in [0.4, 0.5) is 4.39 Å². The number of aliphatic hydroxyl groups is 1. The third-order valence-electron chi connectivity index (χ3n) is 5.34. The SMILES string of the molecule is O=C1C[C@@H](c2ccc(F)cc2)CC(O)=C1[C@H]1[NH2+]CCc2ccccc21. The van der Waals surface area contributed by atoms with Crippen molar-refractivity contribution in [1.82, 2.24) is 0 Å². The van der Waals surface area contributed by atoms with E-state index in [1.807, 2.05) is 12.1 Å². The van der Waals surface area contributed by atoms with E-state index in [0.29, 0.717) is 18.4 Å². The van der Waals surface area contributed by atoms with Crippen molar-refractivity contribution in [2.45, 2.75) is 31.2 Å². The van der Waals surface area contributed by atoms with Crippen molar-refractivity contribution in [3.8, 4) is 0 Å². The Morgan fingerprint density at radius 3 is 2.56 bits per heavy atom. The number of halogens is 1. The van der Waals surface area contributed by atoms with Crippen molar-refractivity contribution in [3.05, 3.63) is 82.4 Å². The molecule has 2 aromatic carbocycles. The van der Waals surface area contributed by atoms with Gasteiger partial charge in [0.15, 0.2) is 5.78 Å². The molecule has 2 atom stereocenters. The number of carbonyl (C=O) groups excluding carboxylic acids is 1. The number of quaternary nitrogens is 1. The molecule has 0 saturated heterocycles. The molecule has 0 radical (unpaired) electrons. The second kappa shape index (κ2) is 6.45. The van der Waals surface area contributed by atoms with E-state index in [4.69, 9.17) is 0 Å². The van der Waals surface area contributed by atoms with Gasteiger partial charge < -0.3 is 10.4 Å². The Morgan fingerprint density at radius 2 is 1.80 bits per heavy atom. The summed E-state index contributed by atoms with van der Waals surface area (Å²) in [6.07, 6.45) is 1.77. The maximum Gasteiger partial charge on any atom is 0.169 e. The average molecular weight is 338 g/mol. The Kier molecular flexibility index (Phi) is 4.14. The van der Waals surface area contributed by atoms with Crippen molar-refractivity contribution >= 4 is 5.78 Å². The predicted molar refractivity (Wildman–Crippen MR) is 92.7 cm³/mol. The highest BCUT2D eigenvalue weighted by Gasteiger charge is 2.37. The molecule has 3 N–H and O–H groups in total. The summed E-state index contributed by atoms with van der Waals surface area (Å²) in [6, 6.07) is 14.2. The van der Waals surface area contributed by atoms with Crippen molar-refractivity contribution in [3.63, 3.8) is 0 Å². The lowest BCUT2D eigenvalue weighted by Gasteiger charge is -2.30. The number of hydrogen-bond donors (Lipinski definition) is 2. The van der Waals surface area contributed by atoms with E-state index in [0.717, 1.165) is 24.1 Å². The molecule has 1 aliphatic carbocycles. The van der Waals surface area contributed by atoms with Crippen LogP contribution < -0.4 is 5.32 Å². The second-order valence-corrected chi connectivity index (χ2v) is 6.89. The number of Topliss-reactive ketones (excluding diaryl/α,β-unsaturated/α-hetero) is 1. The Labute approximate surface area is 146 Å². The van der Waals surface area contributed by atoms with E-state index in [1.54, 1.807) is 12.1 Å². The summed E-state index contributed by atoms with van der Waals surface area (Å²) in [7, 11) is 0. The monoisotopic (exact) mass is 338 g/mol. The Bertz CT molecular complexity index is 841. The zero-order chi connectivity index (χ0) is 17.4. The third-order valence-corrected chi connectivity index (χ3v) is 5.34. The number of allylic oxidation sites excluding steroid dienone is 1. The summed E-state index contributed by atoms with van der Waals surface area (Å²) in [4.78, 5) is 12.9. The van der Waals surface area contributed by atoms with E-state index in [2.05, 4.69) is 17.4 Å². The lowest BCUT2D eigenvalue weighted by Crippen LogP contribution is -2.87. The van der Waals surface area contributed by atoms with Gasteiger partial charge in [0.05, 0.1) is 12.1 Å². The fraction of sp³-hybridized carbons (Fsp3) is 0.286. The molecule has 4 heteroatoms. The van der Waals surface area contributed by atoms with E-state index in [9.17, 15) is 14.3 Å². The normalized spacial score (nSPS) is 23.5. The molecule has 0 saturated carbocycles.